The molecule has 1 aromatic heterocycles. The van der Waals surface area contributed by atoms with Gasteiger partial charge in [0.15, 0.2) is 0 Å². The third-order valence-corrected chi connectivity index (χ3v) is 3.14. The van der Waals surface area contributed by atoms with Gasteiger partial charge in [0.05, 0.1) is 10.5 Å². The maximum absolute atomic E-state index is 11.6. The molecule has 0 radical (unpaired) electrons. The van der Waals surface area contributed by atoms with Crippen molar-refractivity contribution in [3.8, 4) is 0 Å². The summed E-state index contributed by atoms with van der Waals surface area (Å²) >= 11 is 1.50. The summed E-state index contributed by atoms with van der Waals surface area (Å²) in [7, 11) is 0. The minimum atomic E-state index is -0.861. The van der Waals surface area contributed by atoms with Crippen LogP contribution in [0, 0.1) is 0 Å². The molecule has 4 heteroatoms. The van der Waals surface area contributed by atoms with E-state index in [0.29, 0.717) is 4.88 Å². The zero-order chi connectivity index (χ0) is 11.5. The number of nitrogens with one attached hydrogen (secondary N) is 1. The molecule has 0 aliphatic carbocycles. The third-order valence-electron chi connectivity index (χ3n) is 1.92. The van der Waals surface area contributed by atoms with E-state index in [2.05, 4.69) is 12.2 Å². The van der Waals surface area contributed by atoms with Crippen molar-refractivity contribution in [3.63, 3.8) is 0 Å². The SMILES string of the molecule is CCc1ccc(C(=O)NCC(C)(C)O)s1. The standard InChI is InChI=1S/C11H17NO2S/c1-4-8-5-6-9(15-8)10(13)12-7-11(2,3)14/h5-6,14H,4,7H2,1-3H3,(H,12,13). The first-order valence-electron chi connectivity index (χ1n) is 5.01. The van der Waals surface area contributed by atoms with Crippen LogP contribution < -0.4 is 5.32 Å². The zero-order valence-corrected chi connectivity index (χ0v) is 10.1. The van der Waals surface area contributed by atoms with Crippen LogP contribution in [0.5, 0.6) is 0 Å². The molecule has 1 rings (SSSR count). The number of aliphatic hydroxyl groups is 1. The topological polar surface area (TPSA) is 49.3 Å². The van der Waals surface area contributed by atoms with Gasteiger partial charge in [-0.15, -0.1) is 11.3 Å². The van der Waals surface area contributed by atoms with Gasteiger partial charge >= 0.3 is 0 Å². The Labute approximate surface area is 94.1 Å². The highest BCUT2D eigenvalue weighted by atomic mass is 32.1. The predicted molar refractivity (Wildman–Crippen MR) is 62.3 cm³/mol. The number of carbonyl (C=O) groups is 1. The Morgan fingerprint density at radius 3 is 2.67 bits per heavy atom. The number of hydrogen-bond acceptors (Lipinski definition) is 3. The van der Waals surface area contributed by atoms with Crippen LogP contribution in [0.3, 0.4) is 0 Å². The summed E-state index contributed by atoms with van der Waals surface area (Å²) in [4.78, 5) is 13.5. The van der Waals surface area contributed by atoms with Crippen LogP contribution in [0.1, 0.15) is 35.3 Å². The average molecular weight is 227 g/mol. The van der Waals surface area contributed by atoms with E-state index in [9.17, 15) is 9.90 Å². The van der Waals surface area contributed by atoms with E-state index in [1.807, 2.05) is 12.1 Å². The monoisotopic (exact) mass is 227 g/mol. The molecule has 2 N–H and O–H groups in total. The van der Waals surface area contributed by atoms with E-state index >= 15 is 0 Å². The molecule has 0 fully saturated rings. The van der Waals surface area contributed by atoms with Crippen molar-refractivity contribution in [3.05, 3.63) is 21.9 Å². The second-order valence-electron chi connectivity index (χ2n) is 4.11. The Balaban J connectivity index is 2.54. The number of amides is 1. The molecular weight excluding hydrogens is 210 g/mol. The number of hydrogen-bond donors (Lipinski definition) is 2. The molecule has 0 atom stereocenters. The fourth-order valence-corrected chi connectivity index (χ4v) is 1.94. The fraction of sp³-hybridized carbons (Fsp3) is 0.545. The lowest BCUT2D eigenvalue weighted by atomic mass is 10.1. The summed E-state index contributed by atoms with van der Waals surface area (Å²) in [5.74, 6) is -0.109. The molecule has 0 saturated carbocycles. The van der Waals surface area contributed by atoms with E-state index in [1.165, 1.54) is 16.2 Å². The molecule has 0 saturated heterocycles. The summed E-state index contributed by atoms with van der Waals surface area (Å²) in [6, 6.07) is 3.78. The van der Waals surface area contributed by atoms with Crippen LogP contribution in [0.25, 0.3) is 0 Å². The molecule has 0 aliphatic heterocycles. The molecular formula is C11H17NO2S. The van der Waals surface area contributed by atoms with Gasteiger partial charge in [-0.1, -0.05) is 6.92 Å². The highest BCUT2D eigenvalue weighted by molar-refractivity contribution is 7.14. The average Bonchev–Trinajstić information content (AvgIpc) is 2.61. The van der Waals surface area contributed by atoms with Crippen LogP contribution in [-0.4, -0.2) is 23.2 Å². The van der Waals surface area contributed by atoms with Gasteiger partial charge in [-0.25, -0.2) is 0 Å². The largest absolute Gasteiger partial charge is 0.389 e. The first-order valence-corrected chi connectivity index (χ1v) is 5.83. The van der Waals surface area contributed by atoms with Crippen molar-refractivity contribution < 1.29 is 9.90 Å². The van der Waals surface area contributed by atoms with Crippen molar-refractivity contribution in [1.29, 1.82) is 0 Å². The lowest BCUT2D eigenvalue weighted by Crippen LogP contribution is -2.37. The van der Waals surface area contributed by atoms with Crippen molar-refractivity contribution in [2.45, 2.75) is 32.8 Å². The van der Waals surface area contributed by atoms with Gasteiger partial charge < -0.3 is 10.4 Å². The Kier molecular flexibility index (Phi) is 3.88. The Morgan fingerprint density at radius 1 is 1.53 bits per heavy atom. The molecule has 0 spiro atoms. The first kappa shape index (κ1) is 12.2. The quantitative estimate of drug-likeness (QED) is 0.824. The molecule has 1 aromatic rings. The summed E-state index contributed by atoms with van der Waals surface area (Å²) in [6.45, 7) is 5.66. The number of aryl methyl sites for hydroxylation is 1. The molecule has 84 valence electrons. The summed E-state index contributed by atoms with van der Waals surface area (Å²) in [5, 5.41) is 12.2. The van der Waals surface area contributed by atoms with Crippen molar-refractivity contribution >= 4 is 17.2 Å². The number of carbonyl (C=O) groups excluding carboxylic acids is 1. The van der Waals surface area contributed by atoms with Crippen molar-refractivity contribution in [2.24, 2.45) is 0 Å². The Bertz CT molecular complexity index is 339. The van der Waals surface area contributed by atoms with E-state index in [-0.39, 0.29) is 12.5 Å². The maximum atomic E-state index is 11.6. The molecule has 15 heavy (non-hydrogen) atoms. The van der Waals surface area contributed by atoms with Crippen molar-refractivity contribution in [1.82, 2.24) is 5.32 Å². The predicted octanol–water partition coefficient (Wildman–Crippen LogP) is 1.81. The Hall–Kier alpha value is -0.870. The highest BCUT2D eigenvalue weighted by Crippen LogP contribution is 2.16. The second kappa shape index (κ2) is 4.77. The molecule has 0 aliphatic rings. The van der Waals surface area contributed by atoms with Gasteiger partial charge in [0, 0.05) is 11.4 Å². The molecule has 1 heterocycles. The molecule has 0 bridgehead atoms. The van der Waals surface area contributed by atoms with Crippen LogP contribution in [0.2, 0.25) is 0 Å². The van der Waals surface area contributed by atoms with Gasteiger partial charge in [0.25, 0.3) is 5.91 Å². The fourth-order valence-electron chi connectivity index (χ4n) is 1.07. The number of thiophene rings is 1. The lowest BCUT2D eigenvalue weighted by Gasteiger charge is -2.17. The minimum absolute atomic E-state index is 0.109. The zero-order valence-electron chi connectivity index (χ0n) is 9.33. The van der Waals surface area contributed by atoms with Gasteiger partial charge in [-0.3, -0.25) is 4.79 Å². The van der Waals surface area contributed by atoms with E-state index in [1.54, 1.807) is 13.8 Å². The third kappa shape index (κ3) is 4.01. The van der Waals surface area contributed by atoms with E-state index < -0.39 is 5.60 Å². The summed E-state index contributed by atoms with van der Waals surface area (Å²) in [6.07, 6.45) is 0.948. The van der Waals surface area contributed by atoms with Gasteiger partial charge in [0.1, 0.15) is 0 Å². The van der Waals surface area contributed by atoms with E-state index in [0.717, 1.165) is 6.42 Å². The molecule has 3 nitrogen and oxygen atoms in total. The lowest BCUT2D eigenvalue weighted by molar-refractivity contribution is 0.0696. The first-order chi connectivity index (χ1) is 6.92. The van der Waals surface area contributed by atoms with Crippen LogP contribution >= 0.6 is 11.3 Å². The molecule has 0 aromatic carbocycles. The summed E-state index contributed by atoms with van der Waals surface area (Å²) < 4.78 is 0. The normalized spacial score (nSPS) is 11.5. The van der Waals surface area contributed by atoms with Gasteiger partial charge in [0.2, 0.25) is 0 Å². The molecule has 1 amide bonds. The summed E-state index contributed by atoms with van der Waals surface area (Å²) in [5.41, 5.74) is -0.861. The highest BCUT2D eigenvalue weighted by Gasteiger charge is 2.15. The van der Waals surface area contributed by atoms with E-state index in [4.69, 9.17) is 0 Å². The van der Waals surface area contributed by atoms with Crippen LogP contribution in [0.15, 0.2) is 12.1 Å². The van der Waals surface area contributed by atoms with Crippen LogP contribution in [-0.2, 0) is 6.42 Å². The Morgan fingerprint density at radius 2 is 2.20 bits per heavy atom. The van der Waals surface area contributed by atoms with Crippen molar-refractivity contribution in [2.75, 3.05) is 6.54 Å². The minimum Gasteiger partial charge on any atom is -0.389 e. The smallest absolute Gasteiger partial charge is 0.261 e. The molecule has 0 unspecified atom stereocenters. The van der Waals surface area contributed by atoms with Gasteiger partial charge in [-0.2, -0.15) is 0 Å². The number of rotatable bonds is 4. The maximum Gasteiger partial charge on any atom is 0.261 e. The van der Waals surface area contributed by atoms with Gasteiger partial charge in [-0.05, 0) is 32.4 Å². The van der Waals surface area contributed by atoms with Crippen LogP contribution in [0.4, 0.5) is 0 Å². The second-order valence-corrected chi connectivity index (χ2v) is 5.28.